The standard InChI is InChI=1S/C17H16N2OS/c1-19(15-7-9-16(20-2)10-8-15)14-5-3-13(4-6-14)17-11-21-12-18-17/h3-12H,1-2H3. The number of aromatic nitrogens is 1. The minimum Gasteiger partial charge on any atom is -0.497 e. The second kappa shape index (κ2) is 5.97. The summed E-state index contributed by atoms with van der Waals surface area (Å²) >= 11 is 1.61. The van der Waals surface area contributed by atoms with E-state index in [1.807, 2.05) is 29.8 Å². The Bertz CT molecular complexity index is 691. The van der Waals surface area contributed by atoms with Crippen LogP contribution in [0.5, 0.6) is 5.75 Å². The molecule has 0 radical (unpaired) electrons. The molecule has 3 nitrogen and oxygen atoms in total. The topological polar surface area (TPSA) is 25.4 Å². The maximum Gasteiger partial charge on any atom is 0.119 e. The Balaban J connectivity index is 1.82. The van der Waals surface area contributed by atoms with Crippen LogP contribution in [0.15, 0.2) is 59.4 Å². The monoisotopic (exact) mass is 296 g/mol. The molecule has 0 saturated carbocycles. The second-order valence-corrected chi connectivity index (χ2v) is 5.40. The van der Waals surface area contributed by atoms with Crippen LogP contribution in [0.4, 0.5) is 11.4 Å². The molecule has 2 aromatic carbocycles. The predicted octanol–water partition coefficient (Wildman–Crippen LogP) is 4.59. The molecule has 0 spiro atoms. The van der Waals surface area contributed by atoms with Crippen molar-refractivity contribution in [1.29, 1.82) is 0 Å². The van der Waals surface area contributed by atoms with Crippen molar-refractivity contribution in [2.24, 2.45) is 0 Å². The maximum absolute atomic E-state index is 5.19. The van der Waals surface area contributed by atoms with Crippen LogP contribution < -0.4 is 9.64 Å². The number of nitrogens with zero attached hydrogens (tertiary/aromatic N) is 2. The van der Waals surface area contributed by atoms with Gasteiger partial charge < -0.3 is 9.64 Å². The summed E-state index contributed by atoms with van der Waals surface area (Å²) in [4.78, 5) is 6.47. The summed E-state index contributed by atoms with van der Waals surface area (Å²) in [6.07, 6.45) is 0. The molecule has 0 aliphatic rings. The zero-order valence-electron chi connectivity index (χ0n) is 12.0. The van der Waals surface area contributed by atoms with Crippen molar-refractivity contribution in [3.05, 3.63) is 59.4 Å². The first-order valence-corrected chi connectivity index (χ1v) is 7.58. The Labute approximate surface area is 128 Å². The Morgan fingerprint density at radius 1 is 0.952 bits per heavy atom. The molecule has 3 aromatic rings. The van der Waals surface area contributed by atoms with E-state index in [-0.39, 0.29) is 0 Å². The van der Waals surface area contributed by atoms with Gasteiger partial charge in [-0.25, -0.2) is 4.98 Å². The van der Waals surface area contributed by atoms with Crippen molar-refractivity contribution >= 4 is 22.7 Å². The van der Waals surface area contributed by atoms with Crippen LogP contribution >= 0.6 is 11.3 Å². The number of hydrogen-bond donors (Lipinski definition) is 0. The minimum atomic E-state index is 0.867. The maximum atomic E-state index is 5.19. The molecule has 0 aliphatic carbocycles. The molecule has 106 valence electrons. The SMILES string of the molecule is COc1ccc(N(C)c2ccc(-c3cscn3)cc2)cc1. The van der Waals surface area contributed by atoms with Gasteiger partial charge in [-0.1, -0.05) is 12.1 Å². The van der Waals surface area contributed by atoms with Crippen LogP contribution in [0, 0.1) is 0 Å². The Morgan fingerprint density at radius 2 is 1.57 bits per heavy atom. The van der Waals surface area contributed by atoms with E-state index in [4.69, 9.17) is 4.74 Å². The smallest absolute Gasteiger partial charge is 0.119 e. The van der Waals surface area contributed by atoms with E-state index >= 15 is 0 Å². The van der Waals surface area contributed by atoms with Crippen LogP contribution in [-0.2, 0) is 0 Å². The third-order valence-electron chi connectivity index (χ3n) is 3.44. The van der Waals surface area contributed by atoms with E-state index < -0.39 is 0 Å². The first-order chi connectivity index (χ1) is 10.3. The molecule has 0 bridgehead atoms. The molecule has 0 aliphatic heterocycles. The molecule has 3 rings (SSSR count). The largest absolute Gasteiger partial charge is 0.497 e. The lowest BCUT2D eigenvalue weighted by molar-refractivity contribution is 0.415. The van der Waals surface area contributed by atoms with E-state index in [1.165, 1.54) is 0 Å². The Hall–Kier alpha value is -2.33. The van der Waals surface area contributed by atoms with Gasteiger partial charge in [-0.05, 0) is 36.4 Å². The molecule has 4 heteroatoms. The number of thiazole rings is 1. The van der Waals surface area contributed by atoms with Gasteiger partial charge in [0.1, 0.15) is 5.75 Å². The first kappa shape index (κ1) is 13.6. The van der Waals surface area contributed by atoms with Crippen LogP contribution in [0.3, 0.4) is 0 Å². The van der Waals surface area contributed by atoms with Crippen LogP contribution in [0.1, 0.15) is 0 Å². The Morgan fingerprint density at radius 3 is 2.10 bits per heavy atom. The second-order valence-electron chi connectivity index (χ2n) is 4.68. The summed E-state index contributed by atoms with van der Waals surface area (Å²) in [6.45, 7) is 0. The van der Waals surface area contributed by atoms with Crippen molar-refractivity contribution in [2.45, 2.75) is 0 Å². The number of ether oxygens (including phenoxy) is 1. The lowest BCUT2D eigenvalue weighted by atomic mass is 10.1. The molecule has 0 amide bonds. The lowest BCUT2D eigenvalue weighted by Gasteiger charge is -2.20. The predicted molar refractivity (Wildman–Crippen MR) is 88.6 cm³/mol. The molecule has 21 heavy (non-hydrogen) atoms. The molecule has 0 atom stereocenters. The van der Waals surface area contributed by atoms with Crippen molar-refractivity contribution in [1.82, 2.24) is 4.98 Å². The fraction of sp³-hybridized carbons (Fsp3) is 0.118. The van der Waals surface area contributed by atoms with Crippen molar-refractivity contribution in [2.75, 3.05) is 19.1 Å². The van der Waals surface area contributed by atoms with Gasteiger partial charge in [0.15, 0.2) is 0 Å². The van der Waals surface area contributed by atoms with Gasteiger partial charge in [0.05, 0.1) is 18.3 Å². The van der Waals surface area contributed by atoms with E-state index in [0.29, 0.717) is 0 Å². The number of benzene rings is 2. The zero-order chi connectivity index (χ0) is 14.7. The Kier molecular flexibility index (Phi) is 3.88. The van der Waals surface area contributed by atoms with Crippen molar-refractivity contribution < 1.29 is 4.74 Å². The lowest BCUT2D eigenvalue weighted by Crippen LogP contribution is -2.08. The minimum absolute atomic E-state index is 0.867. The summed E-state index contributed by atoms with van der Waals surface area (Å²) in [7, 11) is 3.73. The average Bonchev–Trinajstić information content (AvgIpc) is 3.09. The van der Waals surface area contributed by atoms with Gasteiger partial charge in [-0.2, -0.15) is 0 Å². The molecular weight excluding hydrogens is 280 g/mol. The summed E-state index contributed by atoms with van der Waals surface area (Å²) in [5, 5.41) is 2.06. The van der Waals surface area contributed by atoms with E-state index in [1.54, 1.807) is 18.4 Å². The highest BCUT2D eigenvalue weighted by atomic mass is 32.1. The summed E-state index contributed by atoms with van der Waals surface area (Å²) in [6, 6.07) is 16.5. The van der Waals surface area contributed by atoms with E-state index in [9.17, 15) is 0 Å². The van der Waals surface area contributed by atoms with Crippen molar-refractivity contribution in [3.8, 4) is 17.0 Å². The van der Waals surface area contributed by atoms with Gasteiger partial charge >= 0.3 is 0 Å². The normalized spacial score (nSPS) is 10.4. The first-order valence-electron chi connectivity index (χ1n) is 6.64. The van der Waals surface area contributed by atoms with Gasteiger partial charge in [0, 0.05) is 29.4 Å². The highest BCUT2D eigenvalue weighted by molar-refractivity contribution is 7.07. The number of methoxy groups -OCH3 is 1. The fourth-order valence-electron chi connectivity index (χ4n) is 2.17. The molecule has 1 heterocycles. The summed E-state index contributed by atoms with van der Waals surface area (Å²) in [5.41, 5.74) is 6.28. The molecular formula is C17H16N2OS. The fourth-order valence-corrected chi connectivity index (χ4v) is 2.73. The third kappa shape index (κ3) is 2.90. The highest BCUT2D eigenvalue weighted by Crippen LogP contribution is 2.28. The molecule has 0 N–H and O–H groups in total. The highest BCUT2D eigenvalue weighted by Gasteiger charge is 2.05. The average molecular weight is 296 g/mol. The van der Waals surface area contributed by atoms with Gasteiger partial charge in [0.2, 0.25) is 0 Å². The number of anilines is 2. The summed E-state index contributed by atoms with van der Waals surface area (Å²) in [5.74, 6) is 0.867. The van der Waals surface area contributed by atoms with Crippen LogP contribution in [0.25, 0.3) is 11.3 Å². The van der Waals surface area contributed by atoms with Crippen LogP contribution in [0.2, 0.25) is 0 Å². The number of rotatable bonds is 4. The number of hydrogen-bond acceptors (Lipinski definition) is 4. The van der Waals surface area contributed by atoms with Gasteiger partial charge in [0.25, 0.3) is 0 Å². The third-order valence-corrected chi connectivity index (χ3v) is 4.03. The van der Waals surface area contributed by atoms with Gasteiger partial charge in [-0.3, -0.25) is 0 Å². The molecule has 0 fully saturated rings. The van der Waals surface area contributed by atoms with E-state index in [2.05, 4.69) is 46.6 Å². The molecule has 0 unspecified atom stereocenters. The zero-order valence-corrected chi connectivity index (χ0v) is 12.8. The summed E-state index contributed by atoms with van der Waals surface area (Å²) < 4.78 is 5.19. The molecule has 0 saturated heterocycles. The molecule has 1 aromatic heterocycles. The van der Waals surface area contributed by atoms with Crippen molar-refractivity contribution in [3.63, 3.8) is 0 Å². The van der Waals surface area contributed by atoms with E-state index in [0.717, 1.165) is 28.4 Å². The van der Waals surface area contributed by atoms with Crippen LogP contribution in [-0.4, -0.2) is 19.1 Å². The quantitative estimate of drug-likeness (QED) is 0.704. The van der Waals surface area contributed by atoms with Gasteiger partial charge in [-0.15, -0.1) is 11.3 Å².